The number of aromatic nitrogens is 3. The molecule has 0 aliphatic carbocycles. The van der Waals surface area contributed by atoms with Gasteiger partial charge in [-0.2, -0.15) is 18.3 Å². The third-order valence-electron chi connectivity index (χ3n) is 5.48. The molecule has 0 N–H and O–H groups in total. The Bertz CT molecular complexity index is 1150. The lowest BCUT2D eigenvalue weighted by molar-refractivity contribution is -0.137. The highest BCUT2D eigenvalue weighted by molar-refractivity contribution is 5.88. The normalized spacial score (nSPS) is 14.2. The molecule has 0 bridgehead atoms. The molecule has 2 aromatic heterocycles. The van der Waals surface area contributed by atoms with E-state index in [-0.39, 0.29) is 5.91 Å². The van der Waals surface area contributed by atoms with Crippen molar-refractivity contribution in [1.82, 2.24) is 24.6 Å². The molecule has 1 amide bonds. The number of likely N-dealkylation sites (N-methyl/N-ethyl adjacent to an activating group) is 1. The summed E-state index contributed by atoms with van der Waals surface area (Å²) >= 11 is 0. The van der Waals surface area contributed by atoms with E-state index < -0.39 is 11.7 Å². The smallest absolute Gasteiger partial charge is 0.331 e. The van der Waals surface area contributed by atoms with E-state index in [4.69, 9.17) is 5.10 Å². The standard InChI is InChI=1S/C24H24F3N5O/c1-30(2)13-3-4-21(33)31-14-15-32-20(16-31)22(17-9-11-28-12-10-17)23(29-32)18-5-7-19(8-6-18)24(25,26)27/h3-12H,13-16H2,1-2H3/b4-3+. The van der Waals surface area contributed by atoms with Gasteiger partial charge in [0.05, 0.1) is 24.3 Å². The van der Waals surface area contributed by atoms with Crippen LogP contribution in [-0.4, -0.2) is 57.7 Å². The van der Waals surface area contributed by atoms with E-state index >= 15 is 0 Å². The van der Waals surface area contributed by atoms with Crippen LogP contribution in [0.4, 0.5) is 13.2 Å². The largest absolute Gasteiger partial charge is 0.416 e. The zero-order valence-electron chi connectivity index (χ0n) is 18.4. The molecule has 3 heterocycles. The second kappa shape index (κ2) is 9.19. The molecule has 4 rings (SSSR count). The van der Waals surface area contributed by atoms with E-state index in [1.165, 1.54) is 12.1 Å². The summed E-state index contributed by atoms with van der Waals surface area (Å²) in [6, 6.07) is 8.68. The second-order valence-electron chi connectivity index (χ2n) is 8.13. The minimum absolute atomic E-state index is 0.0824. The molecular weight excluding hydrogens is 431 g/mol. The summed E-state index contributed by atoms with van der Waals surface area (Å²) in [7, 11) is 3.86. The molecule has 0 spiro atoms. The maximum absolute atomic E-state index is 13.0. The molecule has 9 heteroatoms. The highest BCUT2D eigenvalue weighted by Crippen LogP contribution is 2.37. The van der Waals surface area contributed by atoms with Crippen molar-refractivity contribution in [3.8, 4) is 22.4 Å². The molecule has 0 saturated heterocycles. The lowest BCUT2D eigenvalue weighted by Gasteiger charge is -2.27. The fraction of sp³-hybridized carbons (Fsp3) is 0.292. The van der Waals surface area contributed by atoms with Crippen LogP contribution in [0.15, 0.2) is 60.9 Å². The second-order valence-corrected chi connectivity index (χ2v) is 8.13. The van der Waals surface area contributed by atoms with Crippen LogP contribution >= 0.6 is 0 Å². The van der Waals surface area contributed by atoms with Crippen LogP contribution in [0.3, 0.4) is 0 Å². The van der Waals surface area contributed by atoms with E-state index in [9.17, 15) is 18.0 Å². The van der Waals surface area contributed by atoms with Crippen LogP contribution in [-0.2, 0) is 24.1 Å². The molecule has 0 atom stereocenters. The zero-order chi connectivity index (χ0) is 23.6. The monoisotopic (exact) mass is 455 g/mol. The van der Waals surface area contributed by atoms with Gasteiger partial charge >= 0.3 is 6.18 Å². The van der Waals surface area contributed by atoms with Gasteiger partial charge in [-0.3, -0.25) is 14.5 Å². The van der Waals surface area contributed by atoms with Gasteiger partial charge in [-0.25, -0.2) is 0 Å². The number of rotatable bonds is 5. The number of amides is 1. The van der Waals surface area contributed by atoms with Crippen LogP contribution in [0.1, 0.15) is 11.3 Å². The van der Waals surface area contributed by atoms with Gasteiger partial charge < -0.3 is 9.80 Å². The highest BCUT2D eigenvalue weighted by atomic mass is 19.4. The van der Waals surface area contributed by atoms with Gasteiger partial charge in [0.1, 0.15) is 5.69 Å². The van der Waals surface area contributed by atoms with Gasteiger partial charge in [-0.15, -0.1) is 0 Å². The van der Waals surface area contributed by atoms with Gasteiger partial charge in [-0.05, 0) is 43.9 Å². The summed E-state index contributed by atoms with van der Waals surface area (Å²) in [5, 5.41) is 4.72. The molecule has 6 nitrogen and oxygen atoms in total. The number of hydrogen-bond donors (Lipinski definition) is 0. The van der Waals surface area contributed by atoms with Crippen LogP contribution in [0, 0.1) is 0 Å². The molecule has 0 radical (unpaired) electrons. The molecule has 33 heavy (non-hydrogen) atoms. The van der Waals surface area contributed by atoms with Crippen molar-refractivity contribution in [2.75, 3.05) is 27.2 Å². The molecule has 1 aliphatic rings. The summed E-state index contributed by atoms with van der Waals surface area (Å²) in [4.78, 5) is 20.5. The van der Waals surface area contributed by atoms with Crippen molar-refractivity contribution in [3.05, 3.63) is 72.2 Å². The first-order chi connectivity index (χ1) is 15.7. The first kappa shape index (κ1) is 22.7. The van der Waals surface area contributed by atoms with Gasteiger partial charge in [0, 0.05) is 42.7 Å². The minimum Gasteiger partial charge on any atom is -0.331 e. The molecular formula is C24H24F3N5O. The number of hydrogen-bond acceptors (Lipinski definition) is 4. The SMILES string of the molecule is CN(C)C/C=C/C(=O)N1CCn2nc(-c3ccc(C(F)(F)F)cc3)c(-c3ccncc3)c2C1. The number of benzene rings is 1. The molecule has 172 valence electrons. The summed E-state index contributed by atoms with van der Waals surface area (Å²) in [5.74, 6) is -0.0824. The van der Waals surface area contributed by atoms with Gasteiger partial charge in [0.2, 0.25) is 5.91 Å². The third kappa shape index (κ3) is 4.98. The first-order valence-corrected chi connectivity index (χ1v) is 10.5. The van der Waals surface area contributed by atoms with E-state index in [1.807, 2.05) is 41.9 Å². The Balaban J connectivity index is 1.72. The summed E-state index contributed by atoms with van der Waals surface area (Å²) in [6.45, 7) is 2.03. The minimum atomic E-state index is -4.40. The average Bonchev–Trinajstić information content (AvgIpc) is 3.17. The lowest BCUT2D eigenvalue weighted by Crippen LogP contribution is -2.37. The van der Waals surface area contributed by atoms with Crippen LogP contribution in [0.5, 0.6) is 0 Å². The van der Waals surface area contributed by atoms with Crippen molar-refractivity contribution in [2.24, 2.45) is 0 Å². The maximum atomic E-state index is 13.0. The average molecular weight is 455 g/mol. The molecule has 0 saturated carbocycles. The van der Waals surface area contributed by atoms with Gasteiger partial charge in [0.25, 0.3) is 0 Å². The highest BCUT2D eigenvalue weighted by Gasteiger charge is 2.31. The Morgan fingerprint density at radius 3 is 2.39 bits per heavy atom. The van der Waals surface area contributed by atoms with Crippen molar-refractivity contribution in [3.63, 3.8) is 0 Å². The lowest BCUT2D eigenvalue weighted by atomic mass is 9.98. The number of pyridine rings is 1. The van der Waals surface area contributed by atoms with Crippen molar-refractivity contribution in [2.45, 2.75) is 19.3 Å². The molecule has 0 unspecified atom stereocenters. The number of halogens is 3. The number of alkyl halides is 3. The van der Waals surface area contributed by atoms with Gasteiger partial charge in [0.15, 0.2) is 0 Å². The van der Waals surface area contributed by atoms with Crippen molar-refractivity contribution < 1.29 is 18.0 Å². The van der Waals surface area contributed by atoms with Crippen molar-refractivity contribution in [1.29, 1.82) is 0 Å². The van der Waals surface area contributed by atoms with E-state index in [2.05, 4.69) is 4.98 Å². The van der Waals surface area contributed by atoms with E-state index in [0.717, 1.165) is 29.0 Å². The van der Waals surface area contributed by atoms with Crippen LogP contribution in [0.25, 0.3) is 22.4 Å². The first-order valence-electron chi connectivity index (χ1n) is 10.5. The summed E-state index contributed by atoms with van der Waals surface area (Å²) in [6.07, 6.45) is 2.32. The Morgan fingerprint density at radius 2 is 1.76 bits per heavy atom. The molecule has 3 aromatic rings. The fourth-order valence-electron chi connectivity index (χ4n) is 3.82. The van der Waals surface area contributed by atoms with Crippen molar-refractivity contribution >= 4 is 5.91 Å². The predicted octanol–water partition coefficient (Wildman–Crippen LogP) is 4.09. The van der Waals surface area contributed by atoms with Crippen LogP contribution < -0.4 is 0 Å². The van der Waals surface area contributed by atoms with E-state index in [0.29, 0.717) is 37.4 Å². The Labute approximate surface area is 190 Å². The molecule has 1 aliphatic heterocycles. The quantitative estimate of drug-likeness (QED) is 0.544. The Hall–Kier alpha value is -3.46. The number of nitrogens with zero attached hydrogens (tertiary/aromatic N) is 5. The number of carbonyl (C=O) groups is 1. The maximum Gasteiger partial charge on any atom is 0.416 e. The topological polar surface area (TPSA) is 54.3 Å². The molecule has 1 aromatic carbocycles. The molecule has 0 fully saturated rings. The summed E-state index contributed by atoms with van der Waals surface area (Å²) < 4.78 is 40.9. The predicted molar refractivity (Wildman–Crippen MR) is 119 cm³/mol. The fourth-order valence-corrected chi connectivity index (χ4v) is 3.82. The summed E-state index contributed by atoms with van der Waals surface area (Å²) in [5.41, 5.74) is 2.95. The van der Waals surface area contributed by atoms with Gasteiger partial charge in [-0.1, -0.05) is 18.2 Å². The zero-order valence-corrected chi connectivity index (χ0v) is 18.4. The number of fused-ring (bicyclic) bond motifs is 1. The van der Waals surface area contributed by atoms with Crippen LogP contribution in [0.2, 0.25) is 0 Å². The van der Waals surface area contributed by atoms with E-state index in [1.54, 1.807) is 23.4 Å². The Kier molecular flexibility index (Phi) is 6.33. The third-order valence-corrected chi connectivity index (χ3v) is 5.48. The Morgan fingerprint density at radius 1 is 1.06 bits per heavy atom. The number of carbonyl (C=O) groups excluding carboxylic acids is 1.